The van der Waals surface area contributed by atoms with Gasteiger partial charge >= 0.3 is 0 Å². The topological polar surface area (TPSA) is 98.9 Å². The normalized spacial score (nSPS) is 11.6. The summed E-state index contributed by atoms with van der Waals surface area (Å²) in [5.41, 5.74) is 3.39. The average Bonchev–Trinajstić information content (AvgIpc) is 3.33. The summed E-state index contributed by atoms with van der Waals surface area (Å²) < 4.78 is 27.0. The van der Waals surface area contributed by atoms with Crippen LogP contribution in [0.1, 0.15) is 11.4 Å². The van der Waals surface area contributed by atoms with Crippen LogP contribution in [0.5, 0.6) is 0 Å². The summed E-state index contributed by atoms with van der Waals surface area (Å²) in [5, 5.41) is 7.26. The van der Waals surface area contributed by atoms with Crippen molar-refractivity contribution in [3.8, 4) is 5.69 Å². The molecule has 0 aliphatic carbocycles. The van der Waals surface area contributed by atoms with Crippen molar-refractivity contribution in [1.82, 2.24) is 24.6 Å². The Bertz CT molecular complexity index is 1310. The fourth-order valence-electron chi connectivity index (χ4n) is 3.40. The number of hydrogen-bond donors (Lipinski definition) is 1. The summed E-state index contributed by atoms with van der Waals surface area (Å²) in [6, 6.07) is 17.1. The molecule has 1 amide bonds. The average molecular weight is 438 g/mol. The number of rotatable bonds is 8. The molecule has 4 rings (SSSR count). The Balaban J connectivity index is 1.40. The fraction of sp³-hybridized carbons (Fsp3) is 0.227. The number of benzene rings is 2. The molecule has 0 saturated carbocycles. The summed E-state index contributed by atoms with van der Waals surface area (Å²) >= 11 is 0. The van der Waals surface area contributed by atoms with Gasteiger partial charge in [0.15, 0.2) is 9.84 Å². The molecule has 0 bridgehead atoms. The third-order valence-corrected chi connectivity index (χ3v) is 5.60. The van der Waals surface area contributed by atoms with Crippen LogP contribution in [0.15, 0.2) is 67.0 Å². The molecule has 0 unspecified atom stereocenters. The van der Waals surface area contributed by atoms with Crippen molar-refractivity contribution in [2.24, 2.45) is 0 Å². The van der Waals surface area contributed by atoms with E-state index in [-0.39, 0.29) is 18.2 Å². The van der Waals surface area contributed by atoms with Crippen LogP contribution in [0.2, 0.25) is 0 Å². The van der Waals surface area contributed by atoms with Gasteiger partial charge in [-0.2, -0.15) is 5.10 Å². The van der Waals surface area contributed by atoms with Crippen molar-refractivity contribution in [2.45, 2.75) is 18.7 Å². The number of fused-ring (bicyclic) bond motifs is 1. The van der Waals surface area contributed by atoms with E-state index in [2.05, 4.69) is 15.4 Å². The largest absolute Gasteiger partial charge is 0.354 e. The van der Waals surface area contributed by atoms with E-state index in [4.69, 9.17) is 0 Å². The Hall–Kier alpha value is -3.46. The van der Waals surface area contributed by atoms with Gasteiger partial charge < -0.3 is 9.88 Å². The molecule has 160 valence electrons. The number of nitrogens with zero attached hydrogens (tertiary/aromatic N) is 4. The second kappa shape index (κ2) is 8.73. The van der Waals surface area contributed by atoms with Gasteiger partial charge in [-0.15, -0.1) is 0 Å². The summed E-state index contributed by atoms with van der Waals surface area (Å²) in [6.07, 6.45) is 5.52. The molecule has 9 heteroatoms. The SMILES string of the molecule is CS(=O)(=O)Cc1nc2ccccc2n1CC(=O)NCCc1cnn(-c2ccccc2)c1. The number of carbonyl (C=O) groups is 1. The first kappa shape index (κ1) is 20.8. The van der Waals surface area contributed by atoms with Crippen molar-refractivity contribution in [3.63, 3.8) is 0 Å². The second-order valence-corrected chi connectivity index (χ2v) is 9.54. The van der Waals surface area contributed by atoms with E-state index in [1.54, 1.807) is 21.5 Å². The zero-order chi connectivity index (χ0) is 21.8. The highest BCUT2D eigenvalue weighted by molar-refractivity contribution is 7.89. The fourth-order valence-corrected chi connectivity index (χ4v) is 4.09. The first-order valence-electron chi connectivity index (χ1n) is 9.86. The number of nitrogens with one attached hydrogen (secondary N) is 1. The molecule has 2 heterocycles. The van der Waals surface area contributed by atoms with Gasteiger partial charge in [-0.3, -0.25) is 4.79 Å². The number of aromatic nitrogens is 4. The minimum Gasteiger partial charge on any atom is -0.354 e. The lowest BCUT2D eigenvalue weighted by molar-refractivity contribution is -0.121. The summed E-state index contributed by atoms with van der Waals surface area (Å²) in [4.78, 5) is 17.0. The number of amides is 1. The highest BCUT2D eigenvalue weighted by Crippen LogP contribution is 2.17. The molecule has 1 N–H and O–H groups in total. The Kier molecular flexibility index (Phi) is 5.85. The third-order valence-electron chi connectivity index (χ3n) is 4.82. The highest BCUT2D eigenvalue weighted by Gasteiger charge is 2.17. The Morgan fingerprint density at radius 1 is 1.06 bits per heavy atom. The molecule has 0 atom stereocenters. The van der Waals surface area contributed by atoms with E-state index < -0.39 is 9.84 Å². The monoisotopic (exact) mass is 437 g/mol. The van der Waals surface area contributed by atoms with E-state index in [1.165, 1.54) is 0 Å². The highest BCUT2D eigenvalue weighted by atomic mass is 32.2. The van der Waals surface area contributed by atoms with Gasteiger partial charge in [0.25, 0.3) is 0 Å². The van der Waals surface area contributed by atoms with Crippen molar-refractivity contribution >= 4 is 26.8 Å². The van der Waals surface area contributed by atoms with Gasteiger partial charge in [-0.1, -0.05) is 30.3 Å². The smallest absolute Gasteiger partial charge is 0.240 e. The predicted molar refractivity (Wildman–Crippen MR) is 119 cm³/mol. The van der Waals surface area contributed by atoms with Crippen LogP contribution in [0, 0.1) is 0 Å². The van der Waals surface area contributed by atoms with E-state index in [0.29, 0.717) is 24.3 Å². The molecule has 0 aliphatic heterocycles. The summed E-state index contributed by atoms with van der Waals surface area (Å²) in [5.74, 6) is -0.0514. The van der Waals surface area contributed by atoms with Crippen LogP contribution in [-0.2, 0) is 33.4 Å². The van der Waals surface area contributed by atoms with E-state index in [9.17, 15) is 13.2 Å². The molecule has 4 aromatic rings. The van der Waals surface area contributed by atoms with Crippen molar-refractivity contribution in [2.75, 3.05) is 12.8 Å². The molecule has 0 saturated heterocycles. The Labute approximate surface area is 180 Å². The first-order valence-corrected chi connectivity index (χ1v) is 11.9. The summed E-state index contributed by atoms with van der Waals surface area (Å²) in [6.45, 7) is 0.460. The maximum atomic E-state index is 12.6. The predicted octanol–water partition coefficient (Wildman–Crippen LogP) is 2.13. The minimum absolute atomic E-state index is 0.00858. The Morgan fingerprint density at radius 3 is 2.58 bits per heavy atom. The number of sulfone groups is 1. The minimum atomic E-state index is -3.28. The molecule has 8 nitrogen and oxygen atoms in total. The standard InChI is InChI=1S/C22H23N5O3S/c1-31(29,30)16-21-25-19-9-5-6-10-20(19)26(21)15-22(28)23-12-11-17-13-24-27(14-17)18-7-3-2-4-8-18/h2-10,13-14H,11-12,15-16H2,1H3,(H,23,28). The van der Waals surface area contributed by atoms with Crippen LogP contribution in [-0.4, -0.2) is 46.5 Å². The zero-order valence-electron chi connectivity index (χ0n) is 17.1. The lowest BCUT2D eigenvalue weighted by Crippen LogP contribution is -2.30. The van der Waals surface area contributed by atoms with Gasteiger partial charge in [0.2, 0.25) is 5.91 Å². The molecular weight excluding hydrogens is 414 g/mol. The second-order valence-electron chi connectivity index (χ2n) is 7.40. The maximum Gasteiger partial charge on any atom is 0.240 e. The number of hydrogen-bond acceptors (Lipinski definition) is 5. The Morgan fingerprint density at radius 2 is 1.81 bits per heavy atom. The zero-order valence-corrected chi connectivity index (χ0v) is 17.9. The van der Waals surface area contributed by atoms with Crippen LogP contribution < -0.4 is 5.32 Å². The van der Waals surface area contributed by atoms with Gasteiger partial charge in [-0.05, 0) is 36.2 Å². The molecule has 0 spiro atoms. The van der Waals surface area contributed by atoms with Crippen LogP contribution in [0.4, 0.5) is 0 Å². The molecular formula is C22H23N5O3S. The molecule has 2 aromatic carbocycles. The van der Waals surface area contributed by atoms with Crippen LogP contribution in [0.3, 0.4) is 0 Å². The van der Waals surface area contributed by atoms with Crippen LogP contribution in [0.25, 0.3) is 16.7 Å². The maximum absolute atomic E-state index is 12.6. The van der Waals surface area contributed by atoms with E-state index in [1.807, 2.05) is 54.7 Å². The quantitative estimate of drug-likeness (QED) is 0.455. The van der Waals surface area contributed by atoms with Crippen LogP contribution >= 0.6 is 0 Å². The van der Waals surface area contributed by atoms with Crippen molar-refractivity contribution in [3.05, 3.63) is 78.4 Å². The molecule has 0 aliphatic rings. The van der Waals surface area contributed by atoms with Gasteiger partial charge in [-0.25, -0.2) is 18.1 Å². The first-order chi connectivity index (χ1) is 14.9. The van der Waals surface area contributed by atoms with E-state index in [0.717, 1.165) is 23.0 Å². The molecule has 0 fully saturated rings. The molecule has 31 heavy (non-hydrogen) atoms. The summed E-state index contributed by atoms with van der Waals surface area (Å²) in [7, 11) is -3.28. The van der Waals surface area contributed by atoms with Gasteiger partial charge in [0.05, 0.1) is 22.9 Å². The van der Waals surface area contributed by atoms with Gasteiger partial charge in [0, 0.05) is 19.0 Å². The van der Waals surface area contributed by atoms with Crippen molar-refractivity contribution < 1.29 is 13.2 Å². The molecule has 0 radical (unpaired) electrons. The molecule has 2 aromatic heterocycles. The lowest BCUT2D eigenvalue weighted by Gasteiger charge is -2.09. The van der Waals surface area contributed by atoms with Crippen molar-refractivity contribution in [1.29, 1.82) is 0 Å². The van der Waals surface area contributed by atoms with E-state index >= 15 is 0 Å². The lowest BCUT2D eigenvalue weighted by atomic mass is 10.2. The number of imidazole rings is 1. The number of para-hydroxylation sites is 3. The van der Waals surface area contributed by atoms with Gasteiger partial charge in [0.1, 0.15) is 18.1 Å². The third kappa shape index (κ3) is 5.18. The number of carbonyl (C=O) groups excluding carboxylic acids is 1.